The van der Waals surface area contributed by atoms with E-state index in [9.17, 15) is 0 Å². The number of hydrogen-bond donors (Lipinski definition) is 1. The van der Waals surface area contributed by atoms with Crippen molar-refractivity contribution in [2.45, 2.75) is 39.4 Å². The molecule has 2 atom stereocenters. The van der Waals surface area contributed by atoms with E-state index in [0.29, 0.717) is 12.1 Å². The quantitative estimate of drug-likeness (QED) is 0.944. The summed E-state index contributed by atoms with van der Waals surface area (Å²) in [6, 6.07) is 5.14. The van der Waals surface area contributed by atoms with Crippen molar-refractivity contribution in [3.05, 3.63) is 29.0 Å². The summed E-state index contributed by atoms with van der Waals surface area (Å²) in [5.41, 5.74) is 1.06. The largest absolute Gasteiger partial charge is 0.440 e. The van der Waals surface area contributed by atoms with Gasteiger partial charge in [-0.1, -0.05) is 6.07 Å². The van der Waals surface area contributed by atoms with Gasteiger partial charge in [0.15, 0.2) is 0 Å². The zero-order valence-corrected chi connectivity index (χ0v) is 13.0. The van der Waals surface area contributed by atoms with Gasteiger partial charge in [0, 0.05) is 31.7 Å². The van der Waals surface area contributed by atoms with Crippen molar-refractivity contribution in [1.82, 2.24) is 15.2 Å². The van der Waals surface area contributed by atoms with Gasteiger partial charge in [-0.05, 0) is 32.2 Å². The van der Waals surface area contributed by atoms with Gasteiger partial charge >= 0.3 is 0 Å². The van der Waals surface area contributed by atoms with Crippen molar-refractivity contribution in [3.63, 3.8) is 0 Å². The minimum Gasteiger partial charge on any atom is -0.440 e. The number of hydrogen-bond acceptors (Lipinski definition) is 5. The van der Waals surface area contributed by atoms with Gasteiger partial charge in [-0.3, -0.25) is 4.90 Å². The Kier molecular flexibility index (Phi) is 3.92. The lowest BCUT2D eigenvalue weighted by Gasteiger charge is -2.35. The molecule has 1 saturated heterocycles. The van der Waals surface area contributed by atoms with Crippen LogP contribution in [0.15, 0.2) is 21.9 Å². The first-order valence-electron chi connectivity index (χ1n) is 7.10. The highest BCUT2D eigenvalue weighted by atomic mass is 32.1. The Morgan fingerprint density at radius 3 is 2.80 bits per heavy atom. The molecule has 3 heterocycles. The molecule has 0 bridgehead atoms. The Balaban J connectivity index is 1.74. The van der Waals surface area contributed by atoms with E-state index in [2.05, 4.69) is 35.1 Å². The predicted octanol–water partition coefficient (Wildman–Crippen LogP) is 2.89. The summed E-state index contributed by atoms with van der Waals surface area (Å²) in [5, 5.41) is 5.60. The fourth-order valence-electron chi connectivity index (χ4n) is 2.86. The third-order valence-electron chi connectivity index (χ3n) is 3.63. The molecule has 3 rings (SSSR count). The predicted molar refractivity (Wildman–Crippen MR) is 81.9 cm³/mol. The average molecular weight is 291 g/mol. The van der Waals surface area contributed by atoms with Gasteiger partial charge in [0.25, 0.3) is 0 Å². The first-order valence-corrected chi connectivity index (χ1v) is 7.98. The Labute approximate surface area is 123 Å². The molecule has 0 spiro atoms. The smallest absolute Gasteiger partial charge is 0.236 e. The lowest BCUT2D eigenvalue weighted by molar-refractivity contribution is 0.164. The van der Waals surface area contributed by atoms with Gasteiger partial charge in [0.2, 0.25) is 5.89 Å². The number of aromatic nitrogens is 1. The number of nitrogens with zero attached hydrogens (tertiary/aromatic N) is 2. The Morgan fingerprint density at radius 1 is 1.40 bits per heavy atom. The first-order chi connectivity index (χ1) is 9.61. The number of oxazole rings is 1. The molecule has 2 aromatic heterocycles. The third kappa shape index (κ3) is 2.95. The molecule has 1 aliphatic rings. The molecule has 20 heavy (non-hydrogen) atoms. The Morgan fingerprint density at radius 2 is 2.15 bits per heavy atom. The number of piperazine rings is 1. The number of thiophene rings is 1. The Bertz CT molecular complexity index is 554. The van der Waals surface area contributed by atoms with Crippen molar-refractivity contribution < 1.29 is 4.42 Å². The van der Waals surface area contributed by atoms with Crippen LogP contribution in [0.4, 0.5) is 0 Å². The first kappa shape index (κ1) is 13.8. The summed E-state index contributed by atoms with van der Waals surface area (Å²) in [5.74, 6) is 1.69. The highest BCUT2D eigenvalue weighted by molar-refractivity contribution is 7.13. The van der Waals surface area contributed by atoms with Crippen LogP contribution in [0.5, 0.6) is 0 Å². The summed E-state index contributed by atoms with van der Waals surface area (Å²) in [6.07, 6.45) is 0. The van der Waals surface area contributed by atoms with E-state index in [0.717, 1.165) is 41.9 Å². The minimum absolute atomic E-state index is 0.530. The van der Waals surface area contributed by atoms with Crippen molar-refractivity contribution in [2.75, 3.05) is 13.1 Å². The van der Waals surface area contributed by atoms with E-state index in [1.807, 2.05) is 18.4 Å². The molecule has 108 valence electrons. The summed E-state index contributed by atoms with van der Waals surface area (Å²) < 4.78 is 5.81. The second kappa shape index (κ2) is 5.68. The van der Waals surface area contributed by atoms with Crippen LogP contribution in [0.1, 0.15) is 25.3 Å². The molecule has 0 saturated carbocycles. The van der Waals surface area contributed by atoms with Crippen LogP contribution in [0.25, 0.3) is 10.8 Å². The summed E-state index contributed by atoms with van der Waals surface area (Å²) >= 11 is 1.67. The highest BCUT2D eigenvalue weighted by Crippen LogP contribution is 2.26. The molecule has 2 unspecified atom stereocenters. The van der Waals surface area contributed by atoms with E-state index in [1.165, 1.54) is 0 Å². The Hall–Kier alpha value is -1.17. The van der Waals surface area contributed by atoms with Gasteiger partial charge in [0.05, 0.1) is 10.6 Å². The fourth-order valence-corrected chi connectivity index (χ4v) is 3.51. The molecule has 5 heteroatoms. The maximum atomic E-state index is 5.81. The average Bonchev–Trinajstić information content (AvgIpc) is 2.98. The topological polar surface area (TPSA) is 41.3 Å². The molecule has 0 aromatic carbocycles. The number of rotatable bonds is 3. The van der Waals surface area contributed by atoms with Gasteiger partial charge in [-0.25, -0.2) is 4.98 Å². The summed E-state index contributed by atoms with van der Waals surface area (Å²) in [4.78, 5) is 8.23. The van der Waals surface area contributed by atoms with Gasteiger partial charge < -0.3 is 9.73 Å². The van der Waals surface area contributed by atoms with E-state index in [1.54, 1.807) is 11.3 Å². The zero-order chi connectivity index (χ0) is 14.1. The van der Waals surface area contributed by atoms with E-state index < -0.39 is 0 Å². The molecule has 0 radical (unpaired) electrons. The van der Waals surface area contributed by atoms with Gasteiger partial charge in [-0.15, -0.1) is 11.3 Å². The SMILES string of the molecule is Cc1oc(-c2cccs2)nc1CN1CC(C)NC(C)C1. The van der Waals surface area contributed by atoms with Crippen LogP contribution >= 0.6 is 11.3 Å². The fraction of sp³-hybridized carbons (Fsp3) is 0.533. The van der Waals surface area contributed by atoms with Gasteiger partial charge in [-0.2, -0.15) is 0 Å². The lowest BCUT2D eigenvalue weighted by atomic mass is 10.1. The summed E-state index contributed by atoms with van der Waals surface area (Å²) in [7, 11) is 0. The minimum atomic E-state index is 0.530. The highest BCUT2D eigenvalue weighted by Gasteiger charge is 2.23. The van der Waals surface area contributed by atoms with Crippen LogP contribution in [-0.4, -0.2) is 35.1 Å². The van der Waals surface area contributed by atoms with Crippen molar-refractivity contribution >= 4 is 11.3 Å². The second-order valence-electron chi connectivity index (χ2n) is 5.66. The van der Waals surface area contributed by atoms with Crippen molar-refractivity contribution in [1.29, 1.82) is 0 Å². The van der Waals surface area contributed by atoms with E-state index in [4.69, 9.17) is 4.42 Å². The third-order valence-corrected chi connectivity index (χ3v) is 4.49. The van der Waals surface area contributed by atoms with Crippen LogP contribution < -0.4 is 5.32 Å². The molecule has 1 N–H and O–H groups in total. The maximum absolute atomic E-state index is 5.81. The van der Waals surface area contributed by atoms with Gasteiger partial charge in [0.1, 0.15) is 5.76 Å². The molecule has 0 amide bonds. The number of nitrogens with one attached hydrogen (secondary N) is 1. The molecule has 1 aliphatic heterocycles. The maximum Gasteiger partial charge on any atom is 0.236 e. The molecule has 4 nitrogen and oxygen atoms in total. The zero-order valence-electron chi connectivity index (χ0n) is 12.2. The number of aryl methyl sites for hydroxylation is 1. The van der Waals surface area contributed by atoms with Crippen molar-refractivity contribution in [3.8, 4) is 10.8 Å². The normalized spacial score (nSPS) is 24.1. The van der Waals surface area contributed by atoms with E-state index >= 15 is 0 Å². The standard InChI is InChI=1S/C15H21N3OS/c1-10-7-18(8-11(2)16-10)9-13-12(3)19-15(17-13)14-5-4-6-20-14/h4-6,10-11,16H,7-9H2,1-3H3. The van der Waals surface area contributed by atoms with Crippen LogP contribution in [-0.2, 0) is 6.54 Å². The van der Waals surface area contributed by atoms with Crippen molar-refractivity contribution in [2.24, 2.45) is 0 Å². The monoisotopic (exact) mass is 291 g/mol. The summed E-state index contributed by atoms with van der Waals surface area (Å²) in [6.45, 7) is 9.46. The van der Waals surface area contributed by atoms with E-state index in [-0.39, 0.29) is 0 Å². The lowest BCUT2D eigenvalue weighted by Crippen LogP contribution is -2.53. The molecule has 0 aliphatic carbocycles. The van der Waals surface area contributed by atoms with Crippen LogP contribution in [0.3, 0.4) is 0 Å². The molecular weight excluding hydrogens is 270 g/mol. The second-order valence-corrected chi connectivity index (χ2v) is 6.61. The van der Waals surface area contributed by atoms with Crippen LogP contribution in [0, 0.1) is 6.92 Å². The molecular formula is C15H21N3OS. The molecule has 1 fully saturated rings. The molecule has 2 aromatic rings. The van der Waals surface area contributed by atoms with Crippen LogP contribution in [0.2, 0.25) is 0 Å².